The Hall–Kier alpha value is -4.81. The maximum absolute atomic E-state index is 13.4. The monoisotopic (exact) mass is 825 g/mol. The van der Waals surface area contributed by atoms with Crippen molar-refractivity contribution in [2.75, 3.05) is 29.9 Å². The topological polar surface area (TPSA) is 146 Å². The van der Waals surface area contributed by atoms with Gasteiger partial charge in [-0.2, -0.15) is 5.26 Å². The molecule has 2 N–H and O–H groups in total. The van der Waals surface area contributed by atoms with Crippen LogP contribution in [0.1, 0.15) is 91.9 Å². The van der Waals surface area contributed by atoms with E-state index in [0.29, 0.717) is 47.3 Å². The smallest absolute Gasteiger partial charge is 0.262 e. The minimum atomic E-state index is -0.961. The normalized spacial score (nSPS) is 22.9. The second-order valence-electron chi connectivity index (χ2n) is 15.0. The Morgan fingerprint density at radius 3 is 2.19 bits per heavy atom. The van der Waals surface area contributed by atoms with Gasteiger partial charge in [0.2, 0.25) is 11.8 Å². The summed E-state index contributed by atoms with van der Waals surface area (Å²) in [7, 11) is 0. The molecule has 1 atom stereocenters. The number of hydrogen-bond acceptors (Lipinski definition) is 9. The highest BCUT2D eigenvalue weighted by atomic mass is 127. The number of halogens is 1. The summed E-state index contributed by atoms with van der Waals surface area (Å²) in [6, 6.07) is 19.2. The van der Waals surface area contributed by atoms with E-state index in [4.69, 9.17) is 0 Å². The number of aryl methyl sites for hydroxylation is 1. The zero-order valence-corrected chi connectivity index (χ0v) is 31.6. The molecule has 0 aromatic heterocycles. The number of nitrogens with zero attached hydrogens (tertiary/aromatic N) is 5. The highest BCUT2D eigenvalue weighted by Crippen LogP contribution is 2.35. The molecule has 1 unspecified atom stereocenters. The SMILES string of the molecule is Cc1cc(N[C@H]2CC[C@H](N(I)C(=O)c3ccc(N4CC(CN5Cc6cc7c(cc6C5)C(=O)N(C5CCC(=O)NC5=O)C7=O)C4)cc3)CC2)ccc1C#N. The molecule has 4 aliphatic heterocycles. The van der Waals surface area contributed by atoms with Crippen LogP contribution in [0.25, 0.3) is 0 Å². The van der Waals surface area contributed by atoms with Crippen molar-refractivity contribution >= 4 is 63.8 Å². The lowest BCUT2D eigenvalue weighted by molar-refractivity contribution is -0.136. The van der Waals surface area contributed by atoms with Crippen LogP contribution in [0.4, 0.5) is 11.4 Å². The fraction of sp³-hybridized carbons (Fsp3) is 0.400. The fourth-order valence-electron chi connectivity index (χ4n) is 8.49. The number of piperidine rings is 1. The molecule has 53 heavy (non-hydrogen) atoms. The third-order valence-electron chi connectivity index (χ3n) is 11.4. The number of nitrogens with one attached hydrogen (secondary N) is 2. The maximum Gasteiger partial charge on any atom is 0.262 e. The summed E-state index contributed by atoms with van der Waals surface area (Å²) in [4.78, 5) is 69.6. The van der Waals surface area contributed by atoms with E-state index >= 15 is 0 Å². The molecule has 0 spiro atoms. The van der Waals surface area contributed by atoms with Crippen LogP contribution in [-0.2, 0) is 22.7 Å². The van der Waals surface area contributed by atoms with E-state index in [1.807, 2.05) is 64.6 Å². The molecule has 5 amide bonds. The number of nitriles is 1. The van der Waals surface area contributed by atoms with E-state index < -0.39 is 23.8 Å². The van der Waals surface area contributed by atoms with Crippen molar-refractivity contribution in [1.82, 2.24) is 18.2 Å². The van der Waals surface area contributed by atoms with Crippen molar-refractivity contribution in [3.05, 3.63) is 93.5 Å². The number of carbonyl (C=O) groups excluding carboxylic acids is 5. The average molecular weight is 826 g/mol. The van der Waals surface area contributed by atoms with Crippen LogP contribution in [-0.4, -0.2) is 80.2 Å². The lowest BCUT2D eigenvalue weighted by Gasteiger charge is -2.42. The van der Waals surface area contributed by atoms with Crippen LogP contribution in [0.3, 0.4) is 0 Å². The van der Waals surface area contributed by atoms with E-state index in [-0.39, 0.29) is 30.7 Å². The molecule has 4 heterocycles. The Kier molecular flexibility index (Phi) is 9.44. The molecular formula is C40H40IN7O5. The van der Waals surface area contributed by atoms with Gasteiger partial charge in [-0.1, -0.05) is 0 Å². The first-order chi connectivity index (χ1) is 25.6. The number of imide groups is 2. The Morgan fingerprint density at radius 2 is 1.58 bits per heavy atom. The van der Waals surface area contributed by atoms with Crippen LogP contribution in [0.15, 0.2) is 54.6 Å². The molecule has 1 aliphatic carbocycles. The van der Waals surface area contributed by atoms with E-state index in [1.165, 1.54) is 0 Å². The van der Waals surface area contributed by atoms with Crippen LogP contribution in [0.5, 0.6) is 0 Å². The minimum absolute atomic E-state index is 0.0319. The average Bonchev–Trinajstić information content (AvgIpc) is 3.64. The molecule has 3 fully saturated rings. The van der Waals surface area contributed by atoms with Crippen LogP contribution in [0.2, 0.25) is 0 Å². The van der Waals surface area contributed by atoms with Crippen molar-refractivity contribution < 1.29 is 24.0 Å². The van der Waals surface area contributed by atoms with Gasteiger partial charge in [0, 0.05) is 74.1 Å². The van der Waals surface area contributed by atoms with Crippen LogP contribution >= 0.6 is 22.9 Å². The molecule has 3 aromatic rings. The summed E-state index contributed by atoms with van der Waals surface area (Å²) in [6.45, 7) is 6.05. The first-order valence-corrected chi connectivity index (χ1v) is 19.2. The van der Waals surface area contributed by atoms with Crippen LogP contribution in [0, 0.1) is 24.2 Å². The molecule has 0 bridgehead atoms. The summed E-state index contributed by atoms with van der Waals surface area (Å²) in [6.07, 6.45) is 4.05. The van der Waals surface area contributed by atoms with Crippen LogP contribution < -0.4 is 15.5 Å². The number of benzene rings is 3. The predicted molar refractivity (Wildman–Crippen MR) is 205 cm³/mol. The Balaban J connectivity index is 0.796. The van der Waals surface area contributed by atoms with Gasteiger partial charge in [0.25, 0.3) is 17.7 Å². The van der Waals surface area contributed by atoms with E-state index in [2.05, 4.69) is 49.4 Å². The number of fused-ring (bicyclic) bond motifs is 2. The van der Waals surface area contributed by atoms with Gasteiger partial charge in [0.1, 0.15) is 6.04 Å². The van der Waals surface area contributed by atoms with Gasteiger partial charge >= 0.3 is 0 Å². The molecule has 2 saturated heterocycles. The van der Waals surface area contributed by atoms with Gasteiger partial charge in [-0.15, -0.1) is 0 Å². The van der Waals surface area contributed by atoms with E-state index in [9.17, 15) is 29.2 Å². The molecule has 12 nitrogen and oxygen atoms in total. The van der Waals surface area contributed by atoms with Gasteiger partial charge in [-0.25, -0.2) is 0 Å². The molecule has 13 heteroatoms. The summed E-state index contributed by atoms with van der Waals surface area (Å²) in [5.74, 6) is -1.43. The molecule has 1 saturated carbocycles. The zero-order chi connectivity index (χ0) is 37.0. The highest BCUT2D eigenvalue weighted by Gasteiger charge is 2.45. The molecular weight excluding hydrogens is 785 g/mol. The summed E-state index contributed by atoms with van der Waals surface area (Å²) in [5, 5.41) is 15.1. The second-order valence-corrected chi connectivity index (χ2v) is 16.0. The molecule has 8 rings (SSSR count). The van der Waals surface area contributed by atoms with Gasteiger partial charge in [0.05, 0.1) is 45.6 Å². The predicted octanol–water partition coefficient (Wildman–Crippen LogP) is 4.94. The largest absolute Gasteiger partial charge is 0.382 e. The second kappa shape index (κ2) is 14.2. The number of anilines is 2. The third kappa shape index (κ3) is 6.78. The van der Waals surface area contributed by atoms with Crippen molar-refractivity contribution in [1.29, 1.82) is 5.26 Å². The summed E-state index contributed by atoms with van der Waals surface area (Å²) in [5.41, 5.74) is 7.20. The first-order valence-electron chi connectivity index (χ1n) is 18.3. The van der Waals surface area contributed by atoms with E-state index in [1.54, 1.807) is 0 Å². The molecule has 0 radical (unpaired) electrons. The van der Waals surface area contributed by atoms with Crippen molar-refractivity contribution in [2.24, 2.45) is 5.92 Å². The quantitative estimate of drug-likeness (QED) is 0.184. The maximum atomic E-state index is 13.4. The summed E-state index contributed by atoms with van der Waals surface area (Å²) < 4.78 is 1.87. The zero-order valence-electron chi connectivity index (χ0n) is 29.4. The number of hydrogen-bond donors (Lipinski definition) is 2. The lowest BCUT2D eigenvalue weighted by atomic mass is 9.90. The van der Waals surface area contributed by atoms with Gasteiger partial charge in [-0.05, 0) is 110 Å². The lowest BCUT2D eigenvalue weighted by Crippen LogP contribution is -2.54. The van der Waals surface area contributed by atoms with Gasteiger partial charge in [-0.3, -0.25) is 42.2 Å². The van der Waals surface area contributed by atoms with E-state index in [0.717, 1.165) is 78.3 Å². The standard InChI is InChI=1S/C40H40IN7O5/c1-23-14-30(5-2-26(23)17-42)43-29-6-10-32(11-7-29)48(41)38(51)25-3-8-31(9-4-25)46-19-24(20-46)18-45-21-27-15-33-34(16-28(27)22-45)40(53)47(39(33)52)35-12-13-36(49)44-37(35)50/h2-5,8-9,14-16,24,29,32,35,43H,6-7,10-13,18-22H2,1H3,(H,44,49,50)/t29-,32-,35?. The number of amides is 5. The molecule has 5 aliphatic rings. The first kappa shape index (κ1) is 35.2. The third-order valence-corrected chi connectivity index (χ3v) is 12.7. The van der Waals surface area contributed by atoms with Crippen molar-refractivity contribution in [3.8, 4) is 6.07 Å². The summed E-state index contributed by atoms with van der Waals surface area (Å²) >= 11 is 2.18. The highest BCUT2D eigenvalue weighted by molar-refractivity contribution is 14.1. The van der Waals surface area contributed by atoms with Gasteiger partial charge < -0.3 is 10.2 Å². The molecule has 3 aromatic carbocycles. The number of rotatable bonds is 8. The fourth-order valence-corrected chi connectivity index (χ4v) is 9.33. The Labute approximate surface area is 322 Å². The Morgan fingerprint density at radius 1 is 0.925 bits per heavy atom. The number of carbonyl (C=O) groups is 5. The molecule has 272 valence electrons. The van der Waals surface area contributed by atoms with Gasteiger partial charge in [0.15, 0.2) is 0 Å². The van der Waals surface area contributed by atoms with Crippen molar-refractivity contribution in [2.45, 2.75) is 76.7 Å². The Bertz CT molecular complexity index is 2020. The minimum Gasteiger partial charge on any atom is -0.382 e. The van der Waals surface area contributed by atoms with Crippen molar-refractivity contribution in [3.63, 3.8) is 0 Å².